The summed E-state index contributed by atoms with van der Waals surface area (Å²) >= 11 is 1.41. The third kappa shape index (κ3) is 5.40. The monoisotopic (exact) mass is 579 g/mol. The summed E-state index contributed by atoms with van der Waals surface area (Å²) in [5.41, 5.74) is 2.24. The second-order valence-corrected chi connectivity index (χ2v) is 11.9. The Kier molecular flexibility index (Phi) is 7.65. The second-order valence-electron chi connectivity index (χ2n) is 10.9. The van der Waals surface area contributed by atoms with E-state index >= 15 is 0 Å². The Morgan fingerprint density at radius 1 is 1.29 bits per heavy atom. The molecule has 0 saturated carbocycles. The number of esters is 1. The average molecular weight is 580 g/mol. The Morgan fingerprint density at radius 2 is 2.10 bits per heavy atom. The fraction of sp³-hybridized carbons (Fsp3) is 0.500. The largest absolute Gasteiger partial charge is 0.462 e. The van der Waals surface area contributed by atoms with Crippen molar-refractivity contribution in [2.45, 2.75) is 58.0 Å². The number of fused-ring (bicyclic) bond motifs is 2. The molecule has 11 heteroatoms. The predicted molar refractivity (Wildman–Crippen MR) is 159 cm³/mol. The van der Waals surface area contributed by atoms with E-state index in [0.717, 1.165) is 73.8 Å². The fourth-order valence-electron chi connectivity index (χ4n) is 5.68. The van der Waals surface area contributed by atoms with Gasteiger partial charge in [0.1, 0.15) is 21.2 Å². The van der Waals surface area contributed by atoms with Gasteiger partial charge in [-0.05, 0) is 62.6 Å². The zero-order chi connectivity index (χ0) is 28.6. The molecule has 10 nitrogen and oxygen atoms in total. The van der Waals surface area contributed by atoms with Crippen LogP contribution in [0.3, 0.4) is 0 Å². The first-order valence-corrected chi connectivity index (χ1v) is 15.2. The van der Waals surface area contributed by atoms with Gasteiger partial charge in [0.05, 0.1) is 30.5 Å². The molecule has 2 fully saturated rings. The number of anilines is 1. The summed E-state index contributed by atoms with van der Waals surface area (Å²) < 4.78 is 25.6. The standard InChI is InChI=1S/C30H37N5O5S/c1-4-37-29(36)24-17-22-28(41-24)33-26(35(22)18-20-11-15-38-20)16-19-9-13-34(14-10-19)21-6-5-7-23-27(21)40-30(2,39-23)25(31)8-12-32-3/h5-8,12,17,19-20,31-32H,4,9-11,13-16,18H2,1-3H3/b12-8-,31-25?/t20-,30-/m0/s1. The van der Waals surface area contributed by atoms with E-state index < -0.39 is 5.79 Å². The summed E-state index contributed by atoms with van der Waals surface area (Å²) in [6.07, 6.45) is 7.53. The third-order valence-corrected chi connectivity index (χ3v) is 9.07. The molecule has 3 aliphatic heterocycles. The Morgan fingerprint density at radius 3 is 2.80 bits per heavy atom. The normalized spacial score (nSPS) is 22.3. The molecule has 6 rings (SSSR count). The van der Waals surface area contributed by atoms with Crippen LogP contribution in [0.2, 0.25) is 0 Å². The number of imidazole rings is 1. The van der Waals surface area contributed by atoms with Crippen molar-refractivity contribution in [2.75, 3.05) is 38.3 Å². The number of piperidine rings is 1. The van der Waals surface area contributed by atoms with Crippen molar-refractivity contribution in [3.63, 3.8) is 0 Å². The number of nitrogens with zero attached hydrogens (tertiary/aromatic N) is 3. The molecule has 0 amide bonds. The maximum atomic E-state index is 12.3. The zero-order valence-corrected chi connectivity index (χ0v) is 24.6. The molecule has 3 aromatic rings. The number of aromatic nitrogens is 2. The molecule has 2 atom stereocenters. The zero-order valence-electron chi connectivity index (χ0n) is 23.8. The molecular weight excluding hydrogens is 542 g/mol. The van der Waals surface area contributed by atoms with Gasteiger partial charge in [-0.25, -0.2) is 9.78 Å². The van der Waals surface area contributed by atoms with Gasteiger partial charge in [-0.3, -0.25) is 5.41 Å². The van der Waals surface area contributed by atoms with E-state index in [2.05, 4.69) is 20.9 Å². The summed E-state index contributed by atoms with van der Waals surface area (Å²) in [4.78, 5) is 21.2. The number of ether oxygens (including phenoxy) is 4. The number of nitrogens with one attached hydrogen (secondary N) is 2. The first kappa shape index (κ1) is 27.6. The molecule has 0 unspecified atom stereocenters. The molecule has 5 heterocycles. The summed E-state index contributed by atoms with van der Waals surface area (Å²) in [5.74, 6) is 1.47. The maximum Gasteiger partial charge on any atom is 0.348 e. The quantitative estimate of drug-likeness (QED) is 0.261. The first-order chi connectivity index (χ1) is 19.9. The van der Waals surface area contributed by atoms with Crippen molar-refractivity contribution >= 4 is 39.1 Å². The van der Waals surface area contributed by atoms with Gasteiger partial charge in [0, 0.05) is 40.1 Å². The number of para-hydroxylation sites is 1. The van der Waals surface area contributed by atoms with Gasteiger partial charge in [0.2, 0.25) is 0 Å². The van der Waals surface area contributed by atoms with Crippen molar-refractivity contribution in [2.24, 2.45) is 5.92 Å². The van der Waals surface area contributed by atoms with E-state index in [-0.39, 0.29) is 17.8 Å². The summed E-state index contributed by atoms with van der Waals surface area (Å²) in [5, 5.41) is 11.3. The first-order valence-electron chi connectivity index (χ1n) is 14.3. The van der Waals surface area contributed by atoms with Crippen LogP contribution in [0.4, 0.5) is 5.69 Å². The SMILES string of the molecule is CCOC(=O)c1cc2c(nc(CC3CCN(c4cccc5c4O[C@@](C)(C(=N)/C=C\NC)O5)CC3)n2C[C@@H]2CCO2)s1. The molecule has 2 aromatic heterocycles. The number of carbonyl (C=O) groups is 1. The lowest BCUT2D eigenvalue weighted by Gasteiger charge is -2.34. The van der Waals surface area contributed by atoms with Gasteiger partial charge in [-0.2, -0.15) is 0 Å². The molecule has 1 aromatic carbocycles. The van der Waals surface area contributed by atoms with Gasteiger partial charge in [0.25, 0.3) is 5.79 Å². The maximum absolute atomic E-state index is 12.3. The van der Waals surface area contributed by atoms with Gasteiger partial charge >= 0.3 is 5.97 Å². The summed E-state index contributed by atoms with van der Waals surface area (Å²) in [6.45, 7) is 7.31. The minimum atomic E-state index is -1.16. The third-order valence-electron chi connectivity index (χ3n) is 8.07. The number of carbonyl (C=O) groups excluding carboxylic acids is 1. The van der Waals surface area contributed by atoms with E-state index in [9.17, 15) is 4.79 Å². The Labute approximate surface area is 243 Å². The average Bonchev–Trinajstić information content (AvgIpc) is 3.61. The van der Waals surface area contributed by atoms with Crippen molar-refractivity contribution in [3.05, 3.63) is 47.2 Å². The van der Waals surface area contributed by atoms with Crippen LogP contribution in [0.1, 0.15) is 48.6 Å². The van der Waals surface area contributed by atoms with Crippen LogP contribution >= 0.6 is 11.3 Å². The van der Waals surface area contributed by atoms with Gasteiger partial charge in [-0.15, -0.1) is 11.3 Å². The highest BCUT2D eigenvalue weighted by molar-refractivity contribution is 7.20. The van der Waals surface area contributed by atoms with Crippen LogP contribution < -0.4 is 19.7 Å². The van der Waals surface area contributed by atoms with Crippen molar-refractivity contribution < 1.29 is 23.7 Å². The highest BCUT2D eigenvalue weighted by Crippen LogP contribution is 2.47. The smallest absolute Gasteiger partial charge is 0.348 e. The molecule has 3 aliphatic rings. The number of hydrogen-bond acceptors (Lipinski definition) is 10. The second kappa shape index (κ2) is 11.4. The number of thiophene rings is 1. The Bertz CT molecular complexity index is 1470. The van der Waals surface area contributed by atoms with E-state index in [1.54, 1.807) is 26.2 Å². The number of rotatable bonds is 10. The molecule has 2 saturated heterocycles. The van der Waals surface area contributed by atoms with E-state index in [4.69, 9.17) is 29.3 Å². The lowest BCUT2D eigenvalue weighted by Crippen LogP contribution is -2.42. The van der Waals surface area contributed by atoms with Gasteiger partial charge in [0.15, 0.2) is 11.5 Å². The molecule has 2 N–H and O–H groups in total. The Hall–Kier alpha value is -3.57. The van der Waals surface area contributed by atoms with E-state index in [1.807, 2.05) is 25.1 Å². The lowest BCUT2D eigenvalue weighted by atomic mass is 9.92. The molecule has 0 bridgehead atoms. The molecule has 0 radical (unpaired) electrons. The van der Waals surface area contributed by atoms with Gasteiger partial charge < -0.3 is 33.7 Å². The van der Waals surface area contributed by atoms with Crippen molar-refractivity contribution in [1.82, 2.24) is 14.9 Å². The number of hydrogen-bond donors (Lipinski definition) is 2. The van der Waals surface area contributed by atoms with Crippen molar-refractivity contribution in [1.29, 1.82) is 5.41 Å². The molecule has 218 valence electrons. The Balaban J connectivity index is 1.15. The lowest BCUT2D eigenvalue weighted by molar-refractivity contribution is -0.0590. The van der Waals surface area contributed by atoms with Crippen molar-refractivity contribution in [3.8, 4) is 11.5 Å². The highest BCUT2D eigenvalue weighted by Gasteiger charge is 2.42. The van der Waals surface area contributed by atoms with Crippen LogP contribution in [0.5, 0.6) is 11.5 Å². The van der Waals surface area contributed by atoms with E-state index in [1.165, 1.54) is 11.3 Å². The van der Waals surface area contributed by atoms with Crippen LogP contribution in [-0.2, 0) is 22.4 Å². The molecule has 0 spiro atoms. The van der Waals surface area contributed by atoms with Crippen LogP contribution in [-0.4, -0.2) is 66.5 Å². The summed E-state index contributed by atoms with van der Waals surface area (Å²) in [6, 6.07) is 7.88. The summed E-state index contributed by atoms with van der Waals surface area (Å²) in [7, 11) is 1.79. The number of benzene rings is 1. The van der Waals surface area contributed by atoms with Crippen LogP contribution in [0.25, 0.3) is 10.3 Å². The molecular formula is C30H37N5O5S. The fourth-order valence-corrected chi connectivity index (χ4v) is 6.63. The topological polar surface area (TPSA) is 111 Å². The van der Waals surface area contributed by atoms with E-state index in [0.29, 0.717) is 28.9 Å². The van der Waals surface area contributed by atoms with Gasteiger partial charge in [-0.1, -0.05) is 6.07 Å². The minimum absolute atomic E-state index is 0.197. The molecule has 41 heavy (non-hydrogen) atoms. The predicted octanol–water partition coefficient (Wildman–Crippen LogP) is 4.76. The minimum Gasteiger partial charge on any atom is -0.462 e. The molecule has 0 aliphatic carbocycles. The van der Waals surface area contributed by atoms with Crippen LogP contribution in [0.15, 0.2) is 36.5 Å². The van der Waals surface area contributed by atoms with Crippen LogP contribution in [0, 0.1) is 11.3 Å². The highest BCUT2D eigenvalue weighted by atomic mass is 32.1.